The second-order valence-electron chi connectivity index (χ2n) is 3.32. The minimum Gasteiger partial charge on any atom is -0.460 e. The van der Waals surface area contributed by atoms with Crippen molar-refractivity contribution in [3.63, 3.8) is 0 Å². The number of hydrogen-bond donors (Lipinski definition) is 1. The van der Waals surface area contributed by atoms with E-state index in [0.717, 1.165) is 30.1 Å². The number of furan rings is 1. The molecule has 0 bridgehead atoms. The molecule has 1 atom stereocenters. The van der Waals surface area contributed by atoms with Crippen LogP contribution in [0.4, 0.5) is 0 Å². The lowest BCUT2D eigenvalue weighted by Gasteiger charge is -2.00. The van der Waals surface area contributed by atoms with Crippen molar-refractivity contribution in [3.8, 4) is 0 Å². The van der Waals surface area contributed by atoms with Gasteiger partial charge in [0.05, 0.1) is 0 Å². The van der Waals surface area contributed by atoms with E-state index in [-0.39, 0.29) is 6.10 Å². The second kappa shape index (κ2) is 3.84. The molecule has 1 unspecified atom stereocenters. The molecule has 2 heterocycles. The zero-order chi connectivity index (χ0) is 9.97. The molecule has 4 heteroatoms. The van der Waals surface area contributed by atoms with Crippen LogP contribution in [0.1, 0.15) is 24.9 Å². The highest BCUT2D eigenvalue weighted by atomic mass is 16.6. The van der Waals surface area contributed by atoms with Crippen molar-refractivity contribution in [3.05, 3.63) is 23.7 Å². The van der Waals surface area contributed by atoms with E-state index in [1.807, 2.05) is 12.1 Å². The number of oxime groups is 1. The first-order valence-corrected chi connectivity index (χ1v) is 4.85. The Morgan fingerprint density at radius 1 is 1.57 bits per heavy atom. The minimum absolute atomic E-state index is 0.0141. The molecule has 0 aromatic carbocycles. The third-order valence-electron chi connectivity index (χ3n) is 2.29. The third kappa shape index (κ3) is 1.65. The third-order valence-corrected chi connectivity index (χ3v) is 2.29. The zero-order valence-electron chi connectivity index (χ0n) is 8.19. The Kier molecular flexibility index (Phi) is 2.54. The molecule has 0 fully saturated rings. The van der Waals surface area contributed by atoms with Crippen molar-refractivity contribution in [1.82, 2.24) is 0 Å². The van der Waals surface area contributed by atoms with Gasteiger partial charge in [-0.1, -0.05) is 12.1 Å². The number of nitrogens with zero attached hydrogens (tertiary/aromatic N) is 1. The summed E-state index contributed by atoms with van der Waals surface area (Å²) in [5, 5.41) is 3.95. The fraction of sp³-hybridized carbons (Fsp3) is 0.500. The van der Waals surface area contributed by atoms with Crippen LogP contribution in [-0.2, 0) is 11.3 Å². The van der Waals surface area contributed by atoms with E-state index in [4.69, 9.17) is 15.0 Å². The molecule has 14 heavy (non-hydrogen) atoms. The molecule has 0 amide bonds. The van der Waals surface area contributed by atoms with Crippen LogP contribution in [0.2, 0.25) is 0 Å². The zero-order valence-corrected chi connectivity index (χ0v) is 8.19. The predicted molar refractivity (Wildman–Crippen MR) is 53.2 cm³/mol. The summed E-state index contributed by atoms with van der Waals surface area (Å²) in [6.45, 7) is 2.55. The number of nitrogens with two attached hydrogens (primary N) is 1. The first kappa shape index (κ1) is 9.27. The molecule has 0 aliphatic carbocycles. The highest BCUT2D eigenvalue weighted by Crippen LogP contribution is 2.18. The van der Waals surface area contributed by atoms with Crippen LogP contribution in [-0.4, -0.2) is 18.4 Å². The summed E-state index contributed by atoms with van der Waals surface area (Å²) in [5.41, 5.74) is 6.34. The first-order valence-electron chi connectivity index (χ1n) is 4.85. The lowest BCUT2D eigenvalue weighted by atomic mass is 10.1. The molecule has 2 rings (SSSR count). The van der Waals surface area contributed by atoms with Crippen molar-refractivity contribution in [2.75, 3.05) is 6.54 Å². The quantitative estimate of drug-likeness (QED) is 0.788. The second-order valence-corrected chi connectivity index (χ2v) is 3.32. The molecule has 1 aromatic heterocycles. The van der Waals surface area contributed by atoms with E-state index in [0.29, 0.717) is 6.54 Å². The highest BCUT2D eigenvalue weighted by Gasteiger charge is 2.22. The molecule has 2 N–H and O–H groups in total. The van der Waals surface area contributed by atoms with Crippen LogP contribution < -0.4 is 5.73 Å². The fourth-order valence-electron chi connectivity index (χ4n) is 1.42. The summed E-state index contributed by atoms with van der Waals surface area (Å²) in [4.78, 5) is 5.11. The smallest absolute Gasteiger partial charge is 0.152 e. The molecule has 1 aromatic rings. The van der Waals surface area contributed by atoms with Gasteiger partial charge >= 0.3 is 0 Å². The summed E-state index contributed by atoms with van der Waals surface area (Å²) in [6, 6.07) is 3.90. The van der Waals surface area contributed by atoms with Gasteiger partial charge in [-0.2, -0.15) is 0 Å². The maximum atomic E-state index is 5.56. The highest BCUT2D eigenvalue weighted by molar-refractivity contribution is 5.98. The van der Waals surface area contributed by atoms with Crippen LogP contribution in [0.25, 0.3) is 0 Å². The number of aryl methyl sites for hydroxylation is 1. The van der Waals surface area contributed by atoms with Crippen molar-refractivity contribution < 1.29 is 9.25 Å². The van der Waals surface area contributed by atoms with Gasteiger partial charge in [-0.05, 0) is 12.1 Å². The maximum absolute atomic E-state index is 5.56. The van der Waals surface area contributed by atoms with Gasteiger partial charge in [0.15, 0.2) is 5.76 Å². The van der Waals surface area contributed by atoms with Gasteiger partial charge in [-0.15, -0.1) is 0 Å². The van der Waals surface area contributed by atoms with E-state index in [2.05, 4.69) is 12.1 Å². The van der Waals surface area contributed by atoms with Crippen molar-refractivity contribution in [2.24, 2.45) is 10.9 Å². The van der Waals surface area contributed by atoms with Gasteiger partial charge < -0.3 is 15.0 Å². The Hall–Kier alpha value is -1.29. The number of rotatable bonds is 3. The van der Waals surface area contributed by atoms with E-state index < -0.39 is 0 Å². The largest absolute Gasteiger partial charge is 0.460 e. The normalized spacial score (nSPS) is 20.7. The first-order chi connectivity index (χ1) is 6.83. The lowest BCUT2D eigenvalue weighted by Crippen LogP contribution is -2.19. The SMILES string of the molecule is CCc1ccc(C2=NOC(CN)C2)o1. The van der Waals surface area contributed by atoms with Crippen LogP contribution >= 0.6 is 0 Å². The molecule has 1 aliphatic heterocycles. The Morgan fingerprint density at radius 2 is 2.43 bits per heavy atom. The monoisotopic (exact) mass is 194 g/mol. The summed E-state index contributed by atoms with van der Waals surface area (Å²) in [5.74, 6) is 1.77. The average Bonchev–Trinajstić information content (AvgIpc) is 2.86. The maximum Gasteiger partial charge on any atom is 0.152 e. The Labute approximate surface area is 82.7 Å². The van der Waals surface area contributed by atoms with E-state index in [1.54, 1.807) is 0 Å². The minimum atomic E-state index is 0.0141. The van der Waals surface area contributed by atoms with Gasteiger partial charge in [-0.25, -0.2) is 0 Å². The van der Waals surface area contributed by atoms with E-state index >= 15 is 0 Å². The summed E-state index contributed by atoms with van der Waals surface area (Å²) in [7, 11) is 0. The van der Waals surface area contributed by atoms with Gasteiger partial charge in [0.25, 0.3) is 0 Å². The van der Waals surface area contributed by atoms with Gasteiger partial charge in [0, 0.05) is 19.4 Å². The predicted octanol–water partition coefficient (Wildman–Crippen LogP) is 1.29. The molecule has 0 saturated carbocycles. The summed E-state index contributed by atoms with van der Waals surface area (Å²) < 4.78 is 5.56. The fourth-order valence-corrected chi connectivity index (χ4v) is 1.42. The molecule has 0 saturated heterocycles. The standard InChI is InChI=1S/C10H14N2O2/c1-2-7-3-4-10(13-7)9-5-8(6-11)14-12-9/h3-4,8H,2,5-6,11H2,1H3. The average molecular weight is 194 g/mol. The van der Waals surface area contributed by atoms with Crippen molar-refractivity contribution in [2.45, 2.75) is 25.9 Å². The number of hydrogen-bond acceptors (Lipinski definition) is 4. The van der Waals surface area contributed by atoms with Crippen LogP contribution in [0.3, 0.4) is 0 Å². The molecule has 1 aliphatic rings. The Balaban J connectivity index is 2.09. The van der Waals surface area contributed by atoms with Gasteiger partial charge in [0.2, 0.25) is 0 Å². The Morgan fingerprint density at radius 3 is 3.00 bits per heavy atom. The van der Waals surface area contributed by atoms with Crippen molar-refractivity contribution in [1.29, 1.82) is 0 Å². The molecule has 0 radical (unpaired) electrons. The molecular weight excluding hydrogens is 180 g/mol. The molecular formula is C10H14N2O2. The molecule has 0 spiro atoms. The molecule has 76 valence electrons. The van der Waals surface area contributed by atoms with Gasteiger partial charge in [-0.3, -0.25) is 0 Å². The van der Waals surface area contributed by atoms with E-state index in [1.165, 1.54) is 0 Å². The van der Waals surface area contributed by atoms with Crippen LogP contribution in [0.5, 0.6) is 0 Å². The Bertz CT molecular complexity index is 344. The van der Waals surface area contributed by atoms with Crippen LogP contribution in [0, 0.1) is 0 Å². The summed E-state index contributed by atoms with van der Waals surface area (Å²) >= 11 is 0. The summed E-state index contributed by atoms with van der Waals surface area (Å²) in [6.07, 6.45) is 1.65. The molecule has 4 nitrogen and oxygen atoms in total. The van der Waals surface area contributed by atoms with Crippen LogP contribution in [0.15, 0.2) is 21.7 Å². The lowest BCUT2D eigenvalue weighted by molar-refractivity contribution is 0.0918. The topological polar surface area (TPSA) is 60.8 Å². The van der Waals surface area contributed by atoms with Gasteiger partial charge in [0.1, 0.15) is 17.6 Å². The van der Waals surface area contributed by atoms with Crippen molar-refractivity contribution >= 4 is 5.71 Å². The van der Waals surface area contributed by atoms with E-state index in [9.17, 15) is 0 Å².